The average molecular weight is 324 g/mol. The molecule has 2 rings (SSSR count). The maximum absolute atomic E-state index is 12.4. The van der Waals surface area contributed by atoms with Gasteiger partial charge in [0, 0.05) is 18.2 Å². The van der Waals surface area contributed by atoms with Gasteiger partial charge in [-0.3, -0.25) is 9.10 Å². The number of rotatable bonds is 5. The lowest BCUT2D eigenvalue weighted by Crippen LogP contribution is -2.37. The van der Waals surface area contributed by atoms with Crippen molar-refractivity contribution in [2.75, 3.05) is 21.9 Å². The highest BCUT2D eigenvalue weighted by atomic mass is 32.2. The molecule has 0 fully saturated rings. The number of anilines is 2. The van der Waals surface area contributed by atoms with Gasteiger partial charge in [-0.25, -0.2) is 8.42 Å². The number of aryl methyl sites for hydroxylation is 1. The van der Waals surface area contributed by atoms with E-state index in [1.54, 1.807) is 12.1 Å². The molecule has 0 unspecified atom stereocenters. The molecule has 1 aromatic carbocycles. The Morgan fingerprint density at radius 1 is 1.36 bits per heavy atom. The van der Waals surface area contributed by atoms with Crippen LogP contribution in [-0.2, 0) is 21.2 Å². The van der Waals surface area contributed by atoms with Gasteiger partial charge in [-0.15, -0.1) is 0 Å². The van der Waals surface area contributed by atoms with E-state index in [-0.39, 0.29) is 17.6 Å². The van der Waals surface area contributed by atoms with Crippen LogP contribution in [0.2, 0.25) is 0 Å². The van der Waals surface area contributed by atoms with Crippen molar-refractivity contribution in [1.29, 1.82) is 0 Å². The fourth-order valence-electron chi connectivity index (χ4n) is 2.58. The molecular formula is C16H24N2O3S. The number of carbonyl (C=O) groups excluding carboxylic acids is 1. The summed E-state index contributed by atoms with van der Waals surface area (Å²) in [4.78, 5) is 11.8. The van der Waals surface area contributed by atoms with Crippen LogP contribution >= 0.6 is 0 Å². The summed E-state index contributed by atoms with van der Waals surface area (Å²) < 4.78 is 26.2. The summed E-state index contributed by atoms with van der Waals surface area (Å²) in [7, 11) is -3.25. The Hall–Kier alpha value is -1.56. The number of amides is 1. The van der Waals surface area contributed by atoms with E-state index in [9.17, 15) is 13.2 Å². The standard InChI is InChI=1S/C16H24N2O3S/c1-4-10-22(20,21)18-9-5-6-13-11-14(7-8-15(13)18)17-16(19)12(2)3/h7-8,11-12H,4-6,9-10H2,1-3H3,(H,17,19). The van der Waals surface area contributed by atoms with E-state index in [1.807, 2.05) is 26.8 Å². The van der Waals surface area contributed by atoms with Crippen LogP contribution in [0.5, 0.6) is 0 Å². The monoisotopic (exact) mass is 324 g/mol. The van der Waals surface area contributed by atoms with E-state index in [4.69, 9.17) is 0 Å². The van der Waals surface area contributed by atoms with Crippen molar-refractivity contribution >= 4 is 27.3 Å². The smallest absolute Gasteiger partial charge is 0.235 e. The predicted octanol–water partition coefficient (Wildman–Crippen LogP) is 2.77. The molecule has 0 spiro atoms. The Morgan fingerprint density at radius 2 is 2.09 bits per heavy atom. The highest BCUT2D eigenvalue weighted by Gasteiger charge is 2.26. The molecule has 1 amide bonds. The highest BCUT2D eigenvalue weighted by Crippen LogP contribution is 2.32. The van der Waals surface area contributed by atoms with Crippen LogP contribution in [0.1, 0.15) is 39.2 Å². The molecule has 0 bridgehead atoms. The summed E-state index contributed by atoms with van der Waals surface area (Å²) in [6.07, 6.45) is 2.24. The van der Waals surface area contributed by atoms with Crippen LogP contribution in [0.4, 0.5) is 11.4 Å². The number of sulfonamides is 1. The average Bonchev–Trinajstić information content (AvgIpc) is 2.46. The minimum Gasteiger partial charge on any atom is -0.326 e. The third-order valence-corrected chi connectivity index (χ3v) is 5.72. The third-order valence-electron chi connectivity index (χ3n) is 3.75. The van der Waals surface area contributed by atoms with Gasteiger partial charge in [-0.1, -0.05) is 20.8 Å². The molecule has 0 radical (unpaired) electrons. The summed E-state index contributed by atoms with van der Waals surface area (Å²) in [5.74, 6) is 0.0434. The van der Waals surface area contributed by atoms with Crippen LogP contribution in [0.25, 0.3) is 0 Å². The zero-order chi connectivity index (χ0) is 16.3. The Bertz CT molecular complexity index is 653. The summed E-state index contributed by atoms with van der Waals surface area (Å²) in [5.41, 5.74) is 2.46. The maximum Gasteiger partial charge on any atom is 0.235 e. The lowest BCUT2D eigenvalue weighted by molar-refractivity contribution is -0.118. The lowest BCUT2D eigenvalue weighted by atomic mass is 10.0. The Balaban J connectivity index is 2.29. The quantitative estimate of drug-likeness (QED) is 0.905. The molecule has 22 heavy (non-hydrogen) atoms. The van der Waals surface area contributed by atoms with E-state index in [2.05, 4.69) is 5.32 Å². The number of hydrogen-bond donors (Lipinski definition) is 1. The van der Waals surface area contributed by atoms with Crippen LogP contribution in [-0.4, -0.2) is 26.6 Å². The van der Waals surface area contributed by atoms with Crippen molar-refractivity contribution in [1.82, 2.24) is 0 Å². The van der Waals surface area contributed by atoms with Crippen molar-refractivity contribution in [3.8, 4) is 0 Å². The molecule has 0 aliphatic carbocycles. The molecule has 5 nitrogen and oxygen atoms in total. The largest absolute Gasteiger partial charge is 0.326 e. The molecule has 0 saturated carbocycles. The van der Waals surface area contributed by atoms with E-state index in [0.29, 0.717) is 13.0 Å². The first-order valence-corrected chi connectivity index (χ1v) is 9.40. The highest BCUT2D eigenvalue weighted by molar-refractivity contribution is 7.92. The first-order valence-electron chi connectivity index (χ1n) is 7.79. The van der Waals surface area contributed by atoms with Crippen molar-refractivity contribution < 1.29 is 13.2 Å². The fourth-order valence-corrected chi connectivity index (χ4v) is 4.21. The minimum absolute atomic E-state index is 0.0359. The second-order valence-corrected chi connectivity index (χ2v) is 7.99. The van der Waals surface area contributed by atoms with Gasteiger partial charge in [0.25, 0.3) is 0 Å². The van der Waals surface area contributed by atoms with E-state index in [0.717, 1.165) is 29.8 Å². The molecule has 1 aliphatic heterocycles. The molecule has 122 valence electrons. The molecule has 1 aliphatic rings. The number of hydrogen-bond acceptors (Lipinski definition) is 3. The zero-order valence-electron chi connectivity index (χ0n) is 13.4. The van der Waals surface area contributed by atoms with Crippen LogP contribution in [0, 0.1) is 5.92 Å². The number of nitrogens with zero attached hydrogens (tertiary/aromatic N) is 1. The first kappa shape index (κ1) is 16.8. The van der Waals surface area contributed by atoms with Gasteiger partial charge in [0.05, 0.1) is 11.4 Å². The molecule has 0 saturated heterocycles. The van der Waals surface area contributed by atoms with Crippen molar-refractivity contribution in [3.05, 3.63) is 23.8 Å². The Morgan fingerprint density at radius 3 is 2.73 bits per heavy atom. The van der Waals surface area contributed by atoms with Gasteiger partial charge in [0.1, 0.15) is 0 Å². The second kappa shape index (κ2) is 6.69. The number of carbonyl (C=O) groups is 1. The van der Waals surface area contributed by atoms with E-state index in [1.165, 1.54) is 4.31 Å². The van der Waals surface area contributed by atoms with E-state index < -0.39 is 10.0 Å². The molecule has 0 aromatic heterocycles. The van der Waals surface area contributed by atoms with Crippen molar-refractivity contribution in [3.63, 3.8) is 0 Å². The molecular weight excluding hydrogens is 300 g/mol. The van der Waals surface area contributed by atoms with Gasteiger partial charge >= 0.3 is 0 Å². The van der Waals surface area contributed by atoms with Gasteiger partial charge in [0.15, 0.2) is 0 Å². The third kappa shape index (κ3) is 3.61. The summed E-state index contributed by atoms with van der Waals surface area (Å²) >= 11 is 0. The lowest BCUT2D eigenvalue weighted by Gasteiger charge is -2.30. The number of nitrogens with one attached hydrogen (secondary N) is 1. The number of fused-ring (bicyclic) bond motifs is 1. The first-order chi connectivity index (χ1) is 10.3. The minimum atomic E-state index is -3.25. The summed E-state index contributed by atoms with van der Waals surface area (Å²) in [6, 6.07) is 5.47. The molecule has 1 aromatic rings. The SMILES string of the molecule is CCCS(=O)(=O)N1CCCc2cc(NC(=O)C(C)C)ccc21. The predicted molar refractivity (Wildman–Crippen MR) is 89.7 cm³/mol. The van der Waals surface area contributed by atoms with Crippen LogP contribution in [0.15, 0.2) is 18.2 Å². The number of benzene rings is 1. The maximum atomic E-state index is 12.4. The van der Waals surface area contributed by atoms with Crippen molar-refractivity contribution in [2.24, 2.45) is 5.92 Å². The Labute approximate surface area is 132 Å². The second-order valence-electron chi connectivity index (χ2n) is 5.98. The van der Waals surface area contributed by atoms with Gasteiger partial charge in [0.2, 0.25) is 15.9 Å². The summed E-state index contributed by atoms with van der Waals surface area (Å²) in [6.45, 7) is 6.08. The van der Waals surface area contributed by atoms with Gasteiger partial charge < -0.3 is 5.32 Å². The summed E-state index contributed by atoms with van der Waals surface area (Å²) in [5, 5.41) is 2.86. The van der Waals surface area contributed by atoms with Crippen LogP contribution in [0.3, 0.4) is 0 Å². The molecule has 1 N–H and O–H groups in total. The fraction of sp³-hybridized carbons (Fsp3) is 0.562. The van der Waals surface area contributed by atoms with Crippen LogP contribution < -0.4 is 9.62 Å². The Kier molecular flexibility index (Phi) is 5.11. The zero-order valence-corrected chi connectivity index (χ0v) is 14.2. The molecule has 1 heterocycles. The van der Waals surface area contributed by atoms with Gasteiger partial charge in [-0.05, 0) is 43.0 Å². The van der Waals surface area contributed by atoms with Gasteiger partial charge in [-0.2, -0.15) is 0 Å². The van der Waals surface area contributed by atoms with Crippen molar-refractivity contribution in [2.45, 2.75) is 40.0 Å². The normalized spacial score (nSPS) is 14.8. The van der Waals surface area contributed by atoms with E-state index >= 15 is 0 Å². The topological polar surface area (TPSA) is 66.5 Å². The molecule has 0 atom stereocenters. The molecule has 6 heteroatoms.